The van der Waals surface area contributed by atoms with Crippen LogP contribution in [0, 0.1) is 17.3 Å². The summed E-state index contributed by atoms with van der Waals surface area (Å²) in [5.74, 6) is -1.98. The highest BCUT2D eigenvalue weighted by Gasteiger charge is 2.51. The monoisotopic (exact) mass is 510 g/mol. The maximum Gasteiger partial charge on any atom is 0.392 e. The molecule has 3 saturated heterocycles. The van der Waals surface area contributed by atoms with E-state index in [2.05, 4.69) is 31.7 Å². The van der Waals surface area contributed by atoms with Gasteiger partial charge in [0.25, 0.3) is 0 Å². The minimum atomic E-state index is -4.23. The van der Waals surface area contributed by atoms with Crippen molar-refractivity contribution in [1.29, 1.82) is 0 Å². The summed E-state index contributed by atoms with van der Waals surface area (Å²) in [4.78, 5) is 28.9. The fraction of sp³-hybridized carbons (Fsp3) is 0.905. The summed E-state index contributed by atoms with van der Waals surface area (Å²) in [6.45, 7) is 6.27. The molecule has 3 fully saturated rings. The van der Waals surface area contributed by atoms with Crippen LogP contribution >= 0.6 is 15.9 Å². The van der Waals surface area contributed by atoms with E-state index in [4.69, 9.17) is 0 Å². The largest absolute Gasteiger partial charge is 0.392 e. The molecule has 6 nitrogen and oxygen atoms in total. The van der Waals surface area contributed by atoms with E-state index in [1.807, 2.05) is 6.92 Å². The lowest BCUT2D eigenvalue weighted by Crippen LogP contribution is -2.63. The SMILES string of the molecule is CCCC(CN1CCC2(CCN(C3CNNC(=O)C3Br)CC2)C1=O)C(CC)C(F)(F)F. The molecule has 3 aliphatic rings. The van der Waals surface area contributed by atoms with Crippen LogP contribution in [0.3, 0.4) is 0 Å². The molecule has 0 aromatic heterocycles. The summed E-state index contributed by atoms with van der Waals surface area (Å²) in [5, 5.41) is 0. The zero-order valence-electron chi connectivity index (χ0n) is 18.3. The highest BCUT2D eigenvalue weighted by Crippen LogP contribution is 2.44. The molecule has 3 rings (SSSR count). The van der Waals surface area contributed by atoms with Gasteiger partial charge >= 0.3 is 6.18 Å². The standard InChI is InChI=1S/C21H34BrF3N4O2/c1-3-5-14(15(4-2)21(23,24)25)13-29-11-8-20(19(29)31)6-9-28(10-7-20)16-12-26-27-18(30)17(16)22/h14-17,26H,3-13H2,1-2H3,(H,27,30). The van der Waals surface area contributed by atoms with Crippen LogP contribution in [0.15, 0.2) is 0 Å². The van der Waals surface area contributed by atoms with E-state index in [1.54, 1.807) is 11.8 Å². The molecule has 2 N–H and O–H groups in total. The Morgan fingerprint density at radius 2 is 1.81 bits per heavy atom. The molecular formula is C21H34BrF3N4O2. The summed E-state index contributed by atoms with van der Waals surface area (Å²) in [5.41, 5.74) is 5.07. The number of hydrazine groups is 1. The van der Waals surface area contributed by atoms with E-state index in [1.165, 1.54) is 0 Å². The van der Waals surface area contributed by atoms with E-state index in [0.717, 1.165) is 0 Å². The summed E-state index contributed by atoms with van der Waals surface area (Å²) < 4.78 is 40.6. The molecule has 10 heteroatoms. The molecule has 2 amide bonds. The molecule has 3 heterocycles. The van der Waals surface area contributed by atoms with Crippen molar-refractivity contribution in [3.8, 4) is 0 Å². The van der Waals surface area contributed by atoms with Crippen LogP contribution in [0.2, 0.25) is 0 Å². The molecule has 0 aromatic rings. The van der Waals surface area contributed by atoms with Crippen molar-refractivity contribution in [2.75, 3.05) is 32.7 Å². The average molecular weight is 511 g/mol. The van der Waals surface area contributed by atoms with Gasteiger partial charge in [-0.15, -0.1) is 0 Å². The second kappa shape index (κ2) is 9.95. The van der Waals surface area contributed by atoms with Crippen molar-refractivity contribution in [3.63, 3.8) is 0 Å². The highest BCUT2D eigenvalue weighted by atomic mass is 79.9. The van der Waals surface area contributed by atoms with E-state index in [-0.39, 0.29) is 35.6 Å². The Hall–Kier alpha value is -0.870. The van der Waals surface area contributed by atoms with E-state index >= 15 is 0 Å². The number of piperidine rings is 1. The molecule has 4 atom stereocenters. The number of carbonyl (C=O) groups is 2. The molecule has 0 bridgehead atoms. The predicted molar refractivity (Wildman–Crippen MR) is 115 cm³/mol. The predicted octanol–water partition coefficient (Wildman–Crippen LogP) is 3.07. The van der Waals surface area contributed by atoms with Crippen LogP contribution in [-0.2, 0) is 9.59 Å². The van der Waals surface area contributed by atoms with Gasteiger partial charge in [0.2, 0.25) is 11.8 Å². The summed E-state index contributed by atoms with van der Waals surface area (Å²) in [7, 11) is 0. The lowest BCUT2D eigenvalue weighted by atomic mass is 9.76. The summed E-state index contributed by atoms with van der Waals surface area (Å²) in [6.07, 6.45) is -0.936. The van der Waals surface area contributed by atoms with Crippen LogP contribution in [0.5, 0.6) is 0 Å². The molecule has 3 aliphatic heterocycles. The first-order valence-corrected chi connectivity index (χ1v) is 12.3. The van der Waals surface area contributed by atoms with Gasteiger partial charge < -0.3 is 4.90 Å². The maximum atomic E-state index is 13.5. The summed E-state index contributed by atoms with van der Waals surface area (Å²) >= 11 is 3.47. The lowest BCUT2D eigenvalue weighted by molar-refractivity contribution is -0.192. The molecule has 0 saturated carbocycles. The van der Waals surface area contributed by atoms with Gasteiger partial charge in [0.1, 0.15) is 4.83 Å². The zero-order chi connectivity index (χ0) is 22.8. The third-order valence-corrected chi connectivity index (χ3v) is 8.51. The van der Waals surface area contributed by atoms with Crippen molar-refractivity contribution in [2.45, 2.75) is 69.4 Å². The minimum Gasteiger partial charge on any atom is -0.342 e. The van der Waals surface area contributed by atoms with Gasteiger partial charge in [-0.3, -0.25) is 19.9 Å². The van der Waals surface area contributed by atoms with Crippen molar-refractivity contribution in [2.24, 2.45) is 17.3 Å². The number of alkyl halides is 4. The van der Waals surface area contributed by atoms with Crippen molar-refractivity contribution in [3.05, 3.63) is 0 Å². The Kier molecular flexibility index (Phi) is 7.95. The first-order chi connectivity index (χ1) is 14.6. The number of halogens is 4. The van der Waals surface area contributed by atoms with Gasteiger partial charge in [0.15, 0.2) is 0 Å². The number of carbonyl (C=O) groups excluding carboxylic acids is 2. The first kappa shape index (κ1) is 24.8. The van der Waals surface area contributed by atoms with E-state index in [9.17, 15) is 22.8 Å². The second-order valence-corrected chi connectivity index (χ2v) is 10.2. The maximum absolute atomic E-state index is 13.5. The molecule has 0 aromatic carbocycles. The summed E-state index contributed by atoms with van der Waals surface area (Å²) in [6, 6.07) is 0.0183. The van der Waals surface area contributed by atoms with Crippen molar-refractivity contribution in [1.82, 2.24) is 20.7 Å². The normalized spacial score (nSPS) is 29.3. The van der Waals surface area contributed by atoms with Crippen LogP contribution in [0.1, 0.15) is 52.4 Å². The molecule has 178 valence electrons. The number of hydrogen-bond donors (Lipinski definition) is 2. The quantitative estimate of drug-likeness (QED) is 0.516. The third-order valence-electron chi connectivity index (χ3n) is 7.48. The molecule has 1 spiro atoms. The fourth-order valence-electron chi connectivity index (χ4n) is 5.62. The Labute approximate surface area is 190 Å². The van der Waals surface area contributed by atoms with Crippen LogP contribution in [0.25, 0.3) is 0 Å². The fourth-order valence-corrected chi connectivity index (χ4v) is 6.26. The molecular weight excluding hydrogens is 477 g/mol. The minimum absolute atomic E-state index is 0.0183. The number of nitrogens with zero attached hydrogens (tertiary/aromatic N) is 2. The van der Waals surface area contributed by atoms with Crippen LogP contribution in [-0.4, -0.2) is 71.4 Å². The van der Waals surface area contributed by atoms with Crippen molar-refractivity contribution < 1.29 is 22.8 Å². The number of amides is 2. The number of rotatable bonds is 7. The molecule has 0 radical (unpaired) electrons. The number of hydrogen-bond acceptors (Lipinski definition) is 4. The van der Waals surface area contributed by atoms with Gasteiger partial charge in [-0.05, 0) is 51.1 Å². The van der Waals surface area contributed by atoms with Gasteiger partial charge in [-0.25, -0.2) is 5.43 Å². The van der Waals surface area contributed by atoms with Crippen LogP contribution < -0.4 is 10.9 Å². The van der Waals surface area contributed by atoms with Crippen molar-refractivity contribution >= 4 is 27.7 Å². The Bertz CT molecular complexity index is 655. The Balaban J connectivity index is 1.62. The molecule has 31 heavy (non-hydrogen) atoms. The lowest BCUT2D eigenvalue weighted by Gasteiger charge is -2.44. The number of likely N-dealkylation sites (tertiary alicyclic amines) is 2. The molecule has 4 unspecified atom stereocenters. The highest BCUT2D eigenvalue weighted by molar-refractivity contribution is 9.10. The van der Waals surface area contributed by atoms with Gasteiger partial charge in [-0.2, -0.15) is 13.2 Å². The third kappa shape index (κ3) is 5.21. The van der Waals surface area contributed by atoms with Crippen LogP contribution in [0.4, 0.5) is 13.2 Å². The second-order valence-electron chi connectivity index (χ2n) is 9.26. The van der Waals surface area contributed by atoms with Gasteiger partial charge in [-0.1, -0.05) is 36.2 Å². The smallest absolute Gasteiger partial charge is 0.342 e. The van der Waals surface area contributed by atoms with E-state index in [0.29, 0.717) is 58.3 Å². The van der Waals surface area contributed by atoms with E-state index < -0.39 is 23.4 Å². The van der Waals surface area contributed by atoms with Gasteiger partial charge in [0, 0.05) is 25.7 Å². The zero-order valence-corrected chi connectivity index (χ0v) is 19.9. The average Bonchev–Trinajstić information content (AvgIpc) is 3.00. The Morgan fingerprint density at radius 1 is 1.16 bits per heavy atom. The topological polar surface area (TPSA) is 64.7 Å². The number of nitrogens with one attached hydrogen (secondary N) is 2. The first-order valence-electron chi connectivity index (χ1n) is 11.4. The Morgan fingerprint density at radius 3 is 2.39 bits per heavy atom. The molecule has 0 aliphatic carbocycles. The van der Waals surface area contributed by atoms with Gasteiger partial charge in [0.05, 0.1) is 11.3 Å².